The van der Waals surface area contributed by atoms with Crippen molar-refractivity contribution < 1.29 is 0 Å². The maximum Gasteiger partial charge on any atom is 0.328 e. The molecule has 0 aromatic carbocycles. The van der Waals surface area contributed by atoms with Crippen molar-refractivity contribution in [1.29, 1.82) is 0 Å². The zero-order valence-corrected chi connectivity index (χ0v) is 8.30. The summed E-state index contributed by atoms with van der Waals surface area (Å²) in [6.07, 6.45) is 1.45. The third-order valence-electron chi connectivity index (χ3n) is 1.97. The van der Waals surface area contributed by atoms with Crippen LogP contribution in [0.2, 0.25) is 0 Å². The van der Waals surface area contributed by atoms with Crippen molar-refractivity contribution >= 4 is 11.3 Å². The molecule has 0 aliphatic carbocycles. The summed E-state index contributed by atoms with van der Waals surface area (Å²) in [4.78, 5) is 26.1. The van der Waals surface area contributed by atoms with Gasteiger partial charge in [0, 0.05) is 18.1 Å². The highest BCUT2D eigenvalue weighted by Crippen LogP contribution is 2.19. The predicted molar refractivity (Wildman–Crippen MR) is 55.6 cm³/mol. The number of thiophene rings is 1. The quantitative estimate of drug-likeness (QED) is 0.753. The third kappa shape index (κ3) is 1.31. The molecule has 0 saturated carbocycles. The van der Waals surface area contributed by atoms with Crippen molar-refractivity contribution in [3.63, 3.8) is 0 Å². The van der Waals surface area contributed by atoms with Crippen LogP contribution in [0.25, 0.3) is 10.4 Å². The van der Waals surface area contributed by atoms with Crippen molar-refractivity contribution in [2.75, 3.05) is 0 Å². The first kappa shape index (κ1) is 8.96. The van der Waals surface area contributed by atoms with Gasteiger partial charge in [0.15, 0.2) is 0 Å². The van der Waals surface area contributed by atoms with Gasteiger partial charge < -0.3 is 4.98 Å². The van der Waals surface area contributed by atoms with Gasteiger partial charge in [-0.05, 0) is 11.4 Å². The van der Waals surface area contributed by atoms with Crippen LogP contribution in [-0.4, -0.2) is 9.55 Å². The maximum atomic E-state index is 11.6. The van der Waals surface area contributed by atoms with E-state index in [-0.39, 0.29) is 5.56 Å². The van der Waals surface area contributed by atoms with Gasteiger partial charge in [0.25, 0.3) is 5.56 Å². The van der Waals surface area contributed by atoms with E-state index in [1.165, 1.54) is 24.6 Å². The molecule has 2 heterocycles. The number of nitrogens with one attached hydrogen (secondary N) is 1. The first-order chi connectivity index (χ1) is 6.70. The van der Waals surface area contributed by atoms with Crippen molar-refractivity contribution in [1.82, 2.24) is 9.55 Å². The van der Waals surface area contributed by atoms with Gasteiger partial charge in [-0.15, -0.1) is 11.3 Å². The Bertz CT molecular complexity index is 551. The average Bonchev–Trinajstić information content (AvgIpc) is 2.67. The van der Waals surface area contributed by atoms with Gasteiger partial charge in [0.1, 0.15) is 0 Å². The van der Waals surface area contributed by atoms with Gasteiger partial charge in [-0.3, -0.25) is 9.36 Å². The number of H-pyrrole nitrogens is 1. The zero-order chi connectivity index (χ0) is 10.1. The average molecular weight is 208 g/mol. The minimum atomic E-state index is -0.393. The lowest BCUT2D eigenvalue weighted by Crippen LogP contribution is -2.32. The Morgan fingerprint density at radius 1 is 1.43 bits per heavy atom. The fourth-order valence-corrected chi connectivity index (χ4v) is 1.91. The number of nitrogens with zero attached hydrogens (tertiary/aromatic N) is 1. The number of hydrogen-bond acceptors (Lipinski definition) is 3. The molecular weight excluding hydrogens is 200 g/mol. The van der Waals surface area contributed by atoms with E-state index in [9.17, 15) is 9.59 Å². The van der Waals surface area contributed by atoms with E-state index in [1.54, 1.807) is 0 Å². The Hall–Kier alpha value is -1.62. The third-order valence-corrected chi connectivity index (χ3v) is 2.87. The lowest BCUT2D eigenvalue weighted by Gasteiger charge is -1.98. The second kappa shape index (κ2) is 3.26. The Kier molecular flexibility index (Phi) is 2.09. The largest absolute Gasteiger partial charge is 0.328 e. The highest BCUT2D eigenvalue weighted by atomic mass is 32.1. The Morgan fingerprint density at radius 2 is 2.21 bits per heavy atom. The summed E-state index contributed by atoms with van der Waals surface area (Å²) in [6.45, 7) is 0. The summed E-state index contributed by atoms with van der Waals surface area (Å²) in [7, 11) is 1.46. The summed E-state index contributed by atoms with van der Waals surface area (Å²) >= 11 is 1.47. The van der Waals surface area contributed by atoms with Gasteiger partial charge >= 0.3 is 5.69 Å². The molecule has 14 heavy (non-hydrogen) atoms. The first-order valence-electron chi connectivity index (χ1n) is 4.03. The predicted octanol–water partition coefficient (Wildman–Crippen LogP) is 0.802. The standard InChI is InChI=1S/C9H8N2O2S/c1-11-8(12)6(5-10-9(11)13)7-3-2-4-14-7/h2-5H,1H3,(H,10,13). The monoisotopic (exact) mass is 208 g/mol. The summed E-state index contributed by atoms with van der Waals surface area (Å²) in [6, 6.07) is 3.71. The molecule has 0 aliphatic rings. The van der Waals surface area contributed by atoms with Crippen LogP contribution in [0.15, 0.2) is 33.3 Å². The lowest BCUT2D eigenvalue weighted by atomic mass is 10.3. The van der Waals surface area contributed by atoms with E-state index in [0.717, 1.165) is 9.44 Å². The van der Waals surface area contributed by atoms with Gasteiger partial charge in [0.2, 0.25) is 0 Å². The topological polar surface area (TPSA) is 54.9 Å². The van der Waals surface area contributed by atoms with Crippen LogP contribution in [0.5, 0.6) is 0 Å². The molecule has 1 N–H and O–H groups in total. The number of hydrogen-bond donors (Lipinski definition) is 1. The maximum absolute atomic E-state index is 11.6. The van der Waals surface area contributed by atoms with Crippen LogP contribution in [0.1, 0.15) is 0 Å². The van der Waals surface area contributed by atoms with Crippen LogP contribution < -0.4 is 11.2 Å². The minimum Gasteiger partial charge on any atom is -0.313 e. The molecular formula is C9H8N2O2S. The van der Waals surface area contributed by atoms with Gasteiger partial charge in [-0.2, -0.15) is 0 Å². The second-order valence-electron chi connectivity index (χ2n) is 2.85. The summed E-state index contributed by atoms with van der Waals surface area (Å²) in [5.41, 5.74) is -0.131. The van der Waals surface area contributed by atoms with Crippen molar-refractivity contribution in [2.45, 2.75) is 0 Å². The molecule has 5 heteroatoms. The van der Waals surface area contributed by atoms with Crippen molar-refractivity contribution in [3.8, 4) is 10.4 Å². The second-order valence-corrected chi connectivity index (χ2v) is 3.80. The van der Waals surface area contributed by atoms with E-state index in [1.807, 2.05) is 17.5 Å². The molecule has 2 rings (SSSR count). The highest BCUT2D eigenvalue weighted by Gasteiger charge is 2.06. The fraction of sp³-hybridized carbons (Fsp3) is 0.111. The van der Waals surface area contributed by atoms with Gasteiger partial charge in [0.05, 0.1) is 5.56 Å². The Balaban J connectivity index is 2.74. The van der Waals surface area contributed by atoms with Crippen LogP contribution >= 0.6 is 11.3 Å². The molecule has 0 fully saturated rings. The summed E-state index contributed by atoms with van der Waals surface area (Å²) in [5.74, 6) is 0. The fourth-order valence-electron chi connectivity index (χ4n) is 1.17. The van der Waals surface area contributed by atoms with E-state index in [4.69, 9.17) is 0 Å². The molecule has 0 radical (unpaired) electrons. The van der Waals surface area contributed by atoms with Crippen LogP contribution in [0.3, 0.4) is 0 Å². The minimum absolute atomic E-state index is 0.267. The molecule has 72 valence electrons. The molecule has 4 nitrogen and oxygen atoms in total. The van der Waals surface area contributed by atoms with E-state index in [0.29, 0.717) is 5.56 Å². The van der Waals surface area contributed by atoms with Crippen molar-refractivity contribution in [3.05, 3.63) is 44.5 Å². The number of aromatic amines is 1. The van der Waals surface area contributed by atoms with Crippen molar-refractivity contribution in [2.24, 2.45) is 7.05 Å². The molecule has 0 amide bonds. The normalized spacial score (nSPS) is 10.4. The van der Waals surface area contributed by atoms with Crippen LogP contribution in [0.4, 0.5) is 0 Å². The SMILES string of the molecule is Cn1c(=O)[nH]cc(-c2cccs2)c1=O. The summed E-state index contributed by atoms with van der Waals surface area (Å²) in [5, 5.41) is 1.89. The Morgan fingerprint density at radius 3 is 2.86 bits per heavy atom. The van der Waals surface area contributed by atoms with E-state index < -0.39 is 5.69 Å². The number of aromatic nitrogens is 2. The van der Waals surface area contributed by atoms with Gasteiger partial charge in [-0.25, -0.2) is 4.79 Å². The highest BCUT2D eigenvalue weighted by molar-refractivity contribution is 7.13. The van der Waals surface area contributed by atoms with Gasteiger partial charge in [-0.1, -0.05) is 6.07 Å². The molecule has 0 aliphatic heterocycles. The van der Waals surface area contributed by atoms with Crippen LogP contribution in [-0.2, 0) is 7.05 Å². The molecule has 0 spiro atoms. The smallest absolute Gasteiger partial charge is 0.313 e. The number of rotatable bonds is 1. The molecule has 0 atom stereocenters. The van der Waals surface area contributed by atoms with Crippen LogP contribution in [0, 0.1) is 0 Å². The van der Waals surface area contributed by atoms with E-state index >= 15 is 0 Å². The molecule has 0 bridgehead atoms. The Labute approximate surface area is 83.5 Å². The first-order valence-corrected chi connectivity index (χ1v) is 4.90. The molecule has 2 aromatic heterocycles. The molecule has 2 aromatic rings. The molecule has 0 saturated heterocycles. The van der Waals surface area contributed by atoms with E-state index in [2.05, 4.69) is 4.98 Å². The molecule has 0 unspecified atom stereocenters. The summed E-state index contributed by atoms with van der Waals surface area (Å²) < 4.78 is 1.06. The lowest BCUT2D eigenvalue weighted by molar-refractivity contribution is 0.779. The zero-order valence-electron chi connectivity index (χ0n) is 7.48.